The number of fused-ring (bicyclic) bond motifs is 2. The molecule has 6 nitrogen and oxygen atoms in total. The smallest absolute Gasteiger partial charge is 0.275 e. The first kappa shape index (κ1) is 18.9. The summed E-state index contributed by atoms with van der Waals surface area (Å²) in [6.07, 6.45) is 4.08. The fourth-order valence-corrected chi connectivity index (χ4v) is 3.76. The van der Waals surface area contributed by atoms with Gasteiger partial charge in [-0.3, -0.25) is 9.78 Å². The summed E-state index contributed by atoms with van der Waals surface area (Å²) in [4.78, 5) is 22.3. The number of nitrogens with zero attached hydrogens (tertiary/aromatic N) is 4. The second kappa shape index (κ2) is 7.99. The Balaban J connectivity index is 1.50. The Morgan fingerprint density at radius 2 is 1.77 bits per heavy atom. The van der Waals surface area contributed by atoms with Crippen LogP contribution in [0.15, 0.2) is 83.9 Å². The molecule has 0 aliphatic heterocycles. The van der Waals surface area contributed by atoms with Crippen LogP contribution in [0, 0.1) is 0 Å². The van der Waals surface area contributed by atoms with Crippen LogP contribution in [0.4, 0.5) is 0 Å². The van der Waals surface area contributed by atoms with Crippen LogP contribution in [-0.2, 0) is 13.0 Å². The normalized spacial score (nSPS) is 11.1. The van der Waals surface area contributed by atoms with E-state index in [1.165, 1.54) is 4.68 Å². The van der Waals surface area contributed by atoms with Crippen molar-refractivity contribution < 1.29 is 4.74 Å². The van der Waals surface area contributed by atoms with Gasteiger partial charge in [0.25, 0.3) is 5.56 Å². The molecule has 5 rings (SSSR count). The number of hydrogen-bond donors (Lipinski definition) is 0. The number of pyridine rings is 2. The lowest BCUT2D eigenvalue weighted by Crippen LogP contribution is -2.24. The zero-order valence-electron chi connectivity index (χ0n) is 17.0. The highest BCUT2D eigenvalue weighted by molar-refractivity contribution is 5.95. The Labute approximate surface area is 178 Å². The van der Waals surface area contributed by atoms with Crippen LogP contribution in [-0.4, -0.2) is 26.9 Å². The molecule has 31 heavy (non-hydrogen) atoms. The van der Waals surface area contributed by atoms with Crippen molar-refractivity contribution in [3.8, 4) is 17.0 Å². The molecular weight excluding hydrogens is 388 g/mol. The quantitative estimate of drug-likeness (QED) is 0.435. The fraction of sp³-hybridized carbons (Fsp3) is 0.120. The van der Waals surface area contributed by atoms with E-state index in [0.29, 0.717) is 24.2 Å². The molecule has 0 N–H and O–H groups in total. The fourth-order valence-electron chi connectivity index (χ4n) is 3.76. The molecule has 3 heterocycles. The minimum Gasteiger partial charge on any atom is -0.481 e. The van der Waals surface area contributed by atoms with Gasteiger partial charge in [0.1, 0.15) is 0 Å². The van der Waals surface area contributed by atoms with Crippen molar-refractivity contribution in [2.45, 2.75) is 13.0 Å². The van der Waals surface area contributed by atoms with Crippen molar-refractivity contribution in [3.05, 3.63) is 95.2 Å². The van der Waals surface area contributed by atoms with Crippen molar-refractivity contribution in [3.63, 3.8) is 0 Å². The van der Waals surface area contributed by atoms with Gasteiger partial charge in [0.2, 0.25) is 5.88 Å². The van der Waals surface area contributed by atoms with Crippen molar-refractivity contribution in [1.82, 2.24) is 19.7 Å². The number of rotatable bonds is 5. The molecule has 0 bridgehead atoms. The Morgan fingerprint density at radius 3 is 2.61 bits per heavy atom. The van der Waals surface area contributed by atoms with Crippen LogP contribution in [0.5, 0.6) is 5.88 Å². The Hall–Kier alpha value is -4.06. The monoisotopic (exact) mass is 408 g/mol. The topological polar surface area (TPSA) is 69.9 Å². The van der Waals surface area contributed by atoms with E-state index in [2.05, 4.69) is 16.1 Å². The van der Waals surface area contributed by atoms with E-state index in [0.717, 1.165) is 33.1 Å². The maximum Gasteiger partial charge on any atom is 0.275 e. The van der Waals surface area contributed by atoms with E-state index < -0.39 is 0 Å². The average Bonchev–Trinajstić information content (AvgIpc) is 2.83. The summed E-state index contributed by atoms with van der Waals surface area (Å²) in [5.41, 5.74) is 3.45. The van der Waals surface area contributed by atoms with E-state index >= 15 is 0 Å². The molecule has 0 unspecified atom stereocenters. The zero-order valence-corrected chi connectivity index (χ0v) is 17.0. The van der Waals surface area contributed by atoms with Gasteiger partial charge in [0, 0.05) is 40.7 Å². The molecule has 0 aliphatic carbocycles. The van der Waals surface area contributed by atoms with Gasteiger partial charge < -0.3 is 4.74 Å². The van der Waals surface area contributed by atoms with Gasteiger partial charge in [-0.2, -0.15) is 5.10 Å². The zero-order chi connectivity index (χ0) is 21.2. The number of para-hydroxylation sites is 1. The van der Waals surface area contributed by atoms with Gasteiger partial charge in [0.15, 0.2) is 0 Å². The molecule has 0 saturated heterocycles. The number of benzene rings is 2. The second-order valence-electron chi connectivity index (χ2n) is 7.28. The Bertz CT molecular complexity index is 1440. The molecule has 0 fully saturated rings. The molecule has 0 atom stereocenters. The predicted molar refractivity (Wildman–Crippen MR) is 121 cm³/mol. The van der Waals surface area contributed by atoms with Crippen LogP contribution >= 0.6 is 0 Å². The summed E-state index contributed by atoms with van der Waals surface area (Å²) in [5, 5.41) is 6.93. The minimum atomic E-state index is -0.121. The molecule has 2 aromatic carbocycles. The largest absolute Gasteiger partial charge is 0.481 e. The molecule has 3 aromatic heterocycles. The van der Waals surface area contributed by atoms with Gasteiger partial charge in [-0.25, -0.2) is 9.67 Å². The van der Waals surface area contributed by atoms with E-state index in [4.69, 9.17) is 9.72 Å². The van der Waals surface area contributed by atoms with E-state index in [9.17, 15) is 4.79 Å². The molecular formula is C25H20N4O2. The summed E-state index contributed by atoms with van der Waals surface area (Å²) < 4.78 is 6.66. The summed E-state index contributed by atoms with van der Waals surface area (Å²) >= 11 is 0. The van der Waals surface area contributed by atoms with E-state index in [-0.39, 0.29) is 5.56 Å². The van der Waals surface area contributed by atoms with Crippen molar-refractivity contribution in [2.24, 2.45) is 0 Å². The Kier molecular flexibility index (Phi) is 4.88. The van der Waals surface area contributed by atoms with Crippen molar-refractivity contribution in [2.75, 3.05) is 7.11 Å². The van der Waals surface area contributed by atoms with Gasteiger partial charge in [0.05, 0.1) is 30.8 Å². The number of ether oxygens (including phenoxy) is 1. The molecule has 0 aliphatic rings. The molecule has 6 heteroatoms. The third-order valence-corrected chi connectivity index (χ3v) is 5.37. The van der Waals surface area contributed by atoms with Crippen LogP contribution in [0.25, 0.3) is 32.8 Å². The molecule has 0 radical (unpaired) electrons. The maximum atomic E-state index is 13.3. The lowest BCUT2D eigenvalue weighted by Gasteiger charge is -2.10. The molecule has 152 valence electrons. The maximum absolute atomic E-state index is 13.3. The predicted octanol–water partition coefficient (Wildman–Crippen LogP) is 4.26. The third-order valence-electron chi connectivity index (χ3n) is 5.37. The SMILES string of the molecule is COc1ccc(-c2cccc3cnn(CCc4ccc5ccccc5n4)c(=O)c23)cn1. The van der Waals surface area contributed by atoms with Crippen LogP contribution in [0.1, 0.15) is 5.69 Å². The highest BCUT2D eigenvalue weighted by Gasteiger charge is 2.11. The molecule has 5 aromatic rings. The minimum absolute atomic E-state index is 0.121. The highest BCUT2D eigenvalue weighted by Crippen LogP contribution is 2.26. The van der Waals surface area contributed by atoms with Crippen molar-refractivity contribution >= 4 is 21.7 Å². The van der Waals surface area contributed by atoms with Crippen LogP contribution in [0.3, 0.4) is 0 Å². The first-order valence-electron chi connectivity index (χ1n) is 10.1. The molecule has 0 spiro atoms. The number of aromatic nitrogens is 4. The Morgan fingerprint density at radius 1 is 0.903 bits per heavy atom. The lowest BCUT2D eigenvalue weighted by molar-refractivity contribution is 0.398. The first-order chi connectivity index (χ1) is 15.2. The summed E-state index contributed by atoms with van der Waals surface area (Å²) in [5.74, 6) is 0.533. The molecule has 0 amide bonds. The number of hydrogen-bond acceptors (Lipinski definition) is 5. The number of aryl methyl sites for hydroxylation is 2. The second-order valence-corrected chi connectivity index (χ2v) is 7.28. The third kappa shape index (κ3) is 3.64. The molecule has 0 saturated carbocycles. The van der Waals surface area contributed by atoms with Crippen LogP contribution < -0.4 is 10.3 Å². The van der Waals surface area contributed by atoms with Crippen LogP contribution in [0.2, 0.25) is 0 Å². The lowest BCUT2D eigenvalue weighted by atomic mass is 10.0. The summed E-state index contributed by atoms with van der Waals surface area (Å²) in [6.45, 7) is 0.454. The van der Waals surface area contributed by atoms with E-state index in [1.54, 1.807) is 25.6 Å². The summed E-state index contributed by atoms with van der Waals surface area (Å²) in [7, 11) is 1.58. The average molecular weight is 408 g/mol. The highest BCUT2D eigenvalue weighted by atomic mass is 16.5. The summed E-state index contributed by atoms with van der Waals surface area (Å²) in [6, 6.07) is 21.5. The van der Waals surface area contributed by atoms with Crippen molar-refractivity contribution in [1.29, 1.82) is 0 Å². The van der Waals surface area contributed by atoms with Gasteiger partial charge in [-0.05, 0) is 23.8 Å². The first-order valence-corrected chi connectivity index (χ1v) is 10.1. The number of methoxy groups -OCH3 is 1. The van der Waals surface area contributed by atoms with E-state index in [1.807, 2.05) is 54.6 Å². The standard InChI is InChI=1S/C25H20N4O2/c1-31-23-12-10-18(15-26-23)21-7-4-6-19-16-27-29(25(30)24(19)21)14-13-20-11-9-17-5-2-3-8-22(17)28-20/h2-12,15-16H,13-14H2,1H3. The van der Waals surface area contributed by atoms with Gasteiger partial charge >= 0.3 is 0 Å². The van der Waals surface area contributed by atoms with Gasteiger partial charge in [-0.15, -0.1) is 0 Å². The van der Waals surface area contributed by atoms with Gasteiger partial charge in [-0.1, -0.05) is 42.5 Å².